The van der Waals surface area contributed by atoms with Crippen LogP contribution in [0.15, 0.2) is 27.8 Å². The second-order valence-electron chi connectivity index (χ2n) is 3.74. The molecule has 8 heteroatoms. The molecule has 0 spiro atoms. The summed E-state index contributed by atoms with van der Waals surface area (Å²) in [6, 6.07) is 3.28. The molecule has 0 amide bonds. The maximum Gasteiger partial charge on any atom is 0.265 e. The molecular formula is C10H11BrN4O2S. The third kappa shape index (κ3) is 2.54. The number of nitrogens with zero attached hydrogens (tertiary/aromatic N) is 2. The smallest absolute Gasteiger partial charge is 0.265 e. The number of pyridine rings is 1. The summed E-state index contributed by atoms with van der Waals surface area (Å²) in [5.74, 6) is 0. The zero-order valence-corrected chi connectivity index (χ0v) is 12.1. The van der Waals surface area contributed by atoms with Crippen LogP contribution in [0.5, 0.6) is 0 Å². The minimum atomic E-state index is -3.64. The Hall–Kier alpha value is -1.41. The first kappa shape index (κ1) is 13.0. The lowest BCUT2D eigenvalue weighted by molar-refractivity contribution is 0.600. The van der Waals surface area contributed by atoms with Gasteiger partial charge in [-0.25, -0.2) is 13.4 Å². The van der Waals surface area contributed by atoms with E-state index < -0.39 is 10.0 Å². The number of nitrogens with one attached hydrogen (secondary N) is 2. The molecule has 0 aromatic carbocycles. The Morgan fingerprint density at radius 3 is 2.56 bits per heavy atom. The number of H-pyrrole nitrogens is 1. The molecule has 18 heavy (non-hydrogen) atoms. The summed E-state index contributed by atoms with van der Waals surface area (Å²) in [6.45, 7) is 3.30. The third-order valence-electron chi connectivity index (χ3n) is 2.31. The molecule has 0 unspecified atom stereocenters. The lowest BCUT2D eigenvalue weighted by Crippen LogP contribution is -2.14. The van der Waals surface area contributed by atoms with Crippen LogP contribution in [-0.2, 0) is 10.0 Å². The quantitative estimate of drug-likeness (QED) is 0.842. The Kier molecular flexibility index (Phi) is 3.40. The molecule has 2 aromatic heterocycles. The van der Waals surface area contributed by atoms with Gasteiger partial charge in [0.25, 0.3) is 10.0 Å². The molecule has 0 fully saturated rings. The van der Waals surface area contributed by atoms with E-state index in [1.807, 2.05) is 0 Å². The molecule has 2 N–H and O–H groups in total. The van der Waals surface area contributed by atoms with Crippen LogP contribution >= 0.6 is 15.9 Å². The van der Waals surface area contributed by atoms with Gasteiger partial charge in [-0.15, -0.1) is 0 Å². The second-order valence-corrected chi connectivity index (χ2v) is 6.17. The van der Waals surface area contributed by atoms with E-state index in [1.54, 1.807) is 26.0 Å². The zero-order chi connectivity index (χ0) is 13.3. The fraction of sp³-hybridized carbons (Fsp3) is 0.200. The number of rotatable bonds is 3. The highest BCUT2D eigenvalue weighted by Crippen LogP contribution is 2.20. The Labute approximate surface area is 113 Å². The molecule has 0 aliphatic heterocycles. The fourth-order valence-corrected chi connectivity index (χ4v) is 3.23. The van der Waals surface area contributed by atoms with Crippen LogP contribution in [-0.4, -0.2) is 23.6 Å². The van der Waals surface area contributed by atoms with Gasteiger partial charge in [-0.1, -0.05) is 0 Å². The largest absolute Gasteiger partial charge is 0.281 e. The lowest BCUT2D eigenvalue weighted by Gasteiger charge is -2.07. The molecule has 0 atom stereocenters. The monoisotopic (exact) mass is 330 g/mol. The van der Waals surface area contributed by atoms with Gasteiger partial charge in [0.15, 0.2) is 0 Å². The first-order chi connectivity index (χ1) is 8.40. The van der Waals surface area contributed by atoms with E-state index in [4.69, 9.17) is 0 Å². The van der Waals surface area contributed by atoms with Crippen LogP contribution in [0.1, 0.15) is 11.4 Å². The number of aromatic amines is 1. The fourth-order valence-electron chi connectivity index (χ4n) is 1.58. The van der Waals surface area contributed by atoms with Crippen molar-refractivity contribution < 1.29 is 8.42 Å². The summed E-state index contributed by atoms with van der Waals surface area (Å²) < 4.78 is 27.5. The van der Waals surface area contributed by atoms with Crippen molar-refractivity contribution in [2.24, 2.45) is 0 Å². The number of aryl methyl sites for hydroxylation is 2. The standard InChI is InChI=1S/C10H11BrN4O2S/c1-6-10(7(2)14-13-6)18(16,17)15-8-3-4-9(11)12-5-8/h3-5,15H,1-2H3,(H,13,14). The summed E-state index contributed by atoms with van der Waals surface area (Å²) >= 11 is 3.18. The van der Waals surface area contributed by atoms with Crippen LogP contribution in [0.25, 0.3) is 0 Å². The van der Waals surface area contributed by atoms with Gasteiger partial charge in [-0.2, -0.15) is 5.10 Å². The second kappa shape index (κ2) is 4.69. The summed E-state index contributed by atoms with van der Waals surface area (Å²) in [5, 5.41) is 6.52. The van der Waals surface area contributed by atoms with E-state index in [0.717, 1.165) is 0 Å². The molecule has 96 valence electrons. The Bertz CT molecular complexity index is 644. The molecule has 0 aliphatic rings. The van der Waals surface area contributed by atoms with Crippen molar-refractivity contribution in [1.29, 1.82) is 0 Å². The van der Waals surface area contributed by atoms with Gasteiger partial charge in [0.1, 0.15) is 9.50 Å². The number of hydrogen-bond acceptors (Lipinski definition) is 4. The number of sulfonamides is 1. The number of anilines is 1. The van der Waals surface area contributed by atoms with Crippen LogP contribution in [0.2, 0.25) is 0 Å². The van der Waals surface area contributed by atoms with Gasteiger partial charge in [0.2, 0.25) is 0 Å². The molecule has 0 bridgehead atoms. The van der Waals surface area contributed by atoms with E-state index in [1.165, 1.54) is 6.20 Å². The van der Waals surface area contributed by atoms with Gasteiger partial charge >= 0.3 is 0 Å². The lowest BCUT2D eigenvalue weighted by atomic mass is 10.4. The first-order valence-electron chi connectivity index (χ1n) is 5.06. The van der Waals surface area contributed by atoms with E-state index >= 15 is 0 Å². The predicted octanol–water partition coefficient (Wildman–Crippen LogP) is 1.98. The van der Waals surface area contributed by atoms with Crippen molar-refractivity contribution in [3.8, 4) is 0 Å². The van der Waals surface area contributed by atoms with Crippen molar-refractivity contribution in [3.05, 3.63) is 34.3 Å². The van der Waals surface area contributed by atoms with E-state index in [-0.39, 0.29) is 4.90 Å². The summed E-state index contributed by atoms with van der Waals surface area (Å²) in [5.41, 5.74) is 1.34. The topological polar surface area (TPSA) is 87.7 Å². The summed E-state index contributed by atoms with van der Waals surface area (Å²) in [4.78, 5) is 4.13. The molecule has 2 rings (SSSR count). The molecule has 0 aliphatic carbocycles. The molecular weight excluding hydrogens is 320 g/mol. The van der Waals surface area contributed by atoms with Crippen LogP contribution < -0.4 is 4.72 Å². The van der Waals surface area contributed by atoms with Crippen LogP contribution in [0, 0.1) is 13.8 Å². The highest BCUT2D eigenvalue weighted by Gasteiger charge is 2.22. The molecule has 6 nitrogen and oxygen atoms in total. The summed E-state index contributed by atoms with van der Waals surface area (Å²) in [6.07, 6.45) is 1.44. The first-order valence-corrected chi connectivity index (χ1v) is 7.34. The normalized spacial score (nSPS) is 11.5. The Morgan fingerprint density at radius 2 is 2.06 bits per heavy atom. The van der Waals surface area contributed by atoms with Gasteiger partial charge in [-0.05, 0) is 41.9 Å². The third-order valence-corrected chi connectivity index (χ3v) is 4.42. The molecule has 0 radical (unpaired) electrons. The van der Waals surface area contributed by atoms with E-state index in [0.29, 0.717) is 21.7 Å². The highest BCUT2D eigenvalue weighted by molar-refractivity contribution is 9.10. The zero-order valence-electron chi connectivity index (χ0n) is 9.73. The highest BCUT2D eigenvalue weighted by atomic mass is 79.9. The maximum atomic E-state index is 12.2. The maximum absolute atomic E-state index is 12.2. The van der Waals surface area contributed by atoms with E-state index in [2.05, 4.69) is 35.8 Å². The Morgan fingerprint density at radius 1 is 1.33 bits per heavy atom. The average molecular weight is 331 g/mol. The minimum absolute atomic E-state index is 0.172. The minimum Gasteiger partial charge on any atom is -0.281 e. The molecule has 2 heterocycles. The van der Waals surface area contributed by atoms with Crippen molar-refractivity contribution in [3.63, 3.8) is 0 Å². The van der Waals surface area contributed by atoms with Gasteiger partial charge in [-0.3, -0.25) is 9.82 Å². The Balaban J connectivity index is 2.36. The van der Waals surface area contributed by atoms with Crippen molar-refractivity contribution in [2.45, 2.75) is 18.7 Å². The SMILES string of the molecule is Cc1n[nH]c(C)c1S(=O)(=O)Nc1ccc(Br)nc1. The molecule has 0 saturated carbocycles. The average Bonchev–Trinajstić information content (AvgIpc) is 2.62. The molecule has 2 aromatic rings. The number of aromatic nitrogens is 3. The number of halogens is 1. The van der Waals surface area contributed by atoms with Crippen molar-refractivity contribution in [2.75, 3.05) is 4.72 Å². The van der Waals surface area contributed by atoms with Crippen molar-refractivity contribution >= 4 is 31.6 Å². The van der Waals surface area contributed by atoms with E-state index in [9.17, 15) is 8.42 Å². The van der Waals surface area contributed by atoms with Gasteiger partial charge in [0, 0.05) is 0 Å². The van der Waals surface area contributed by atoms with Crippen LogP contribution in [0.4, 0.5) is 5.69 Å². The van der Waals surface area contributed by atoms with Crippen LogP contribution in [0.3, 0.4) is 0 Å². The predicted molar refractivity (Wildman–Crippen MR) is 70.8 cm³/mol. The van der Waals surface area contributed by atoms with Gasteiger partial charge in [0.05, 0.1) is 23.3 Å². The van der Waals surface area contributed by atoms with Gasteiger partial charge < -0.3 is 0 Å². The molecule has 0 saturated heterocycles. The number of hydrogen-bond donors (Lipinski definition) is 2. The van der Waals surface area contributed by atoms with Crippen molar-refractivity contribution in [1.82, 2.24) is 15.2 Å². The summed E-state index contributed by atoms with van der Waals surface area (Å²) in [7, 11) is -3.64.